The SMILES string of the molecule is COCc1cccc(C(=O)Nc2nnc(C34CC5CC(CC(C5)C3)C4)s2)c1. The van der Waals surface area contributed by atoms with Crippen LogP contribution in [0.1, 0.15) is 59.5 Å². The number of hydrogen-bond acceptors (Lipinski definition) is 5. The second kappa shape index (κ2) is 6.67. The summed E-state index contributed by atoms with van der Waals surface area (Å²) >= 11 is 1.58. The Morgan fingerprint density at radius 3 is 2.56 bits per heavy atom. The van der Waals surface area contributed by atoms with Crippen LogP contribution in [0.2, 0.25) is 0 Å². The molecule has 4 bridgehead atoms. The van der Waals surface area contributed by atoms with E-state index in [0.717, 1.165) is 28.3 Å². The minimum atomic E-state index is -0.138. The smallest absolute Gasteiger partial charge is 0.257 e. The summed E-state index contributed by atoms with van der Waals surface area (Å²) in [5, 5.41) is 13.5. The molecule has 1 aromatic carbocycles. The van der Waals surface area contributed by atoms with Crippen LogP contribution < -0.4 is 5.32 Å². The second-order valence-corrected chi connectivity index (χ2v) is 9.68. The summed E-state index contributed by atoms with van der Waals surface area (Å²) in [6.45, 7) is 0.496. The molecule has 1 amide bonds. The van der Waals surface area contributed by atoms with Gasteiger partial charge in [0.2, 0.25) is 5.13 Å². The van der Waals surface area contributed by atoms with E-state index in [1.54, 1.807) is 18.4 Å². The maximum absolute atomic E-state index is 12.6. The fourth-order valence-electron chi connectivity index (χ4n) is 6.00. The predicted octanol–water partition coefficient (Wildman–Crippen LogP) is 4.40. The summed E-state index contributed by atoms with van der Waals surface area (Å²) in [6.07, 6.45) is 8.04. The highest BCUT2D eigenvalue weighted by atomic mass is 32.1. The fraction of sp³-hybridized carbons (Fsp3) is 0.571. The van der Waals surface area contributed by atoms with Crippen LogP contribution in [-0.2, 0) is 16.8 Å². The third-order valence-corrected chi connectivity index (χ3v) is 7.72. The Kier molecular flexibility index (Phi) is 4.28. The van der Waals surface area contributed by atoms with Gasteiger partial charge in [-0.25, -0.2) is 0 Å². The van der Waals surface area contributed by atoms with Gasteiger partial charge in [0.25, 0.3) is 5.91 Å². The van der Waals surface area contributed by atoms with E-state index in [9.17, 15) is 4.79 Å². The molecule has 0 atom stereocenters. The van der Waals surface area contributed by atoms with E-state index < -0.39 is 0 Å². The fourth-order valence-corrected chi connectivity index (χ4v) is 6.96. The first-order valence-electron chi connectivity index (χ1n) is 9.87. The van der Waals surface area contributed by atoms with Crippen LogP contribution in [0, 0.1) is 17.8 Å². The minimum absolute atomic E-state index is 0.138. The average Bonchev–Trinajstić information content (AvgIpc) is 3.10. The lowest BCUT2D eigenvalue weighted by Crippen LogP contribution is -2.48. The lowest BCUT2D eigenvalue weighted by Gasteiger charge is -2.55. The van der Waals surface area contributed by atoms with Gasteiger partial charge in [0, 0.05) is 18.1 Å². The lowest BCUT2D eigenvalue weighted by atomic mass is 9.50. The van der Waals surface area contributed by atoms with E-state index in [1.807, 2.05) is 24.3 Å². The summed E-state index contributed by atoms with van der Waals surface area (Å²) in [7, 11) is 1.65. The highest BCUT2D eigenvalue weighted by Gasteiger charge is 2.53. The van der Waals surface area contributed by atoms with Crippen LogP contribution in [-0.4, -0.2) is 23.2 Å². The Morgan fingerprint density at radius 2 is 1.89 bits per heavy atom. The molecular formula is C21H25N3O2S. The van der Waals surface area contributed by atoms with Crippen molar-refractivity contribution in [2.45, 2.75) is 50.5 Å². The Morgan fingerprint density at radius 1 is 1.19 bits per heavy atom. The first-order valence-corrected chi connectivity index (χ1v) is 10.7. The molecule has 142 valence electrons. The third kappa shape index (κ3) is 3.19. The number of rotatable bonds is 5. The molecule has 2 aromatic rings. The van der Waals surface area contributed by atoms with E-state index in [1.165, 1.54) is 38.5 Å². The summed E-state index contributed by atoms with van der Waals surface area (Å²) in [6, 6.07) is 7.51. The standard InChI is InChI=1S/C21H25N3O2S/c1-26-12-13-3-2-4-17(8-13)18(25)22-20-24-23-19(27-20)21-9-14-5-15(10-21)7-16(6-14)11-21/h2-4,8,14-16H,5-7,9-12H2,1H3,(H,22,24,25). The molecule has 4 aliphatic rings. The van der Waals surface area contributed by atoms with Crippen LogP contribution in [0.15, 0.2) is 24.3 Å². The Bertz CT molecular complexity index is 827. The quantitative estimate of drug-likeness (QED) is 0.831. The van der Waals surface area contributed by atoms with Gasteiger partial charge in [-0.05, 0) is 74.0 Å². The third-order valence-electron chi connectivity index (χ3n) is 6.64. The van der Waals surface area contributed by atoms with Gasteiger partial charge in [0.1, 0.15) is 5.01 Å². The number of benzene rings is 1. The van der Waals surface area contributed by atoms with Crippen molar-refractivity contribution < 1.29 is 9.53 Å². The van der Waals surface area contributed by atoms with Crippen molar-refractivity contribution in [1.29, 1.82) is 0 Å². The molecule has 1 aromatic heterocycles. The molecular weight excluding hydrogens is 358 g/mol. The number of amides is 1. The van der Waals surface area contributed by atoms with Crippen molar-refractivity contribution >= 4 is 22.4 Å². The van der Waals surface area contributed by atoms with Gasteiger partial charge in [0.05, 0.1) is 6.61 Å². The van der Waals surface area contributed by atoms with Gasteiger partial charge in [-0.1, -0.05) is 23.5 Å². The Labute approximate surface area is 163 Å². The van der Waals surface area contributed by atoms with E-state index in [-0.39, 0.29) is 11.3 Å². The molecule has 4 fully saturated rings. The summed E-state index contributed by atoms with van der Waals surface area (Å²) in [5.41, 5.74) is 1.83. The zero-order valence-electron chi connectivity index (χ0n) is 15.6. The summed E-state index contributed by atoms with van der Waals surface area (Å²) < 4.78 is 5.15. The molecule has 6 rings (SSSR count). The van der Waals surface area contributed by atoms with Crippen molar-refractivity contribution in [3.05, 3.63) is 40.4 Å². The molecule has 0 unspecified atom stereocenters. The molecule has 0 spiro atoms. The minimum Gasteiger partial charge on any atom is -0.380 e. The zero-order chi connectivity index (χ0) is 18.4. The zero-order valence-corrected chi connectivity index (χ0v) is 16.4. The van der Waals surface area contributed by atoms with Gasteiger partial charge in [-0.3, -0.25) is 10.1 Å². The number of ether oxygens (including phenoxy) is 1. The molecule has 27 heavy (non-hydrogen) atoms. The number of nitrogens with zero attached hydrogens (tertiary/aromatic N) is 2. The van der Waals surface area contributed by atoms with Crippen LogP contribution in [0.25, 0.3) is 0 Å². The van der Waals surface area contributed by atoms with Crippen molar-refractivity contribution in [2.75, 3.05) is 12.4 Å². The number of methoxy groups -OCH3 is 1. The van der Waals surface area contributed by atoms with Gasteiger partial charge >= 0.3 is 0 Å². The van der Waals surface area contributed by atoms with Crippen molar-refractivity contribution in [3.8, 4) is 0 Å². The second-order valence-electron chi connectivity index (χ2n) is 8.70. The van der Waals surface area contributed by atoms with E-state index in [4.69, 9.17) is 4.74 Å². The van der Waals surface area contributed by atoms with Gasteiger partial charge in [-0.2, -0.15) is 0 Å². The number of hydrogen-bond donors (Lipinski definition) is 1. The summed E-state index contributed by atoms with van der Waals surface area (Å²) in [5.74, 6) is 2.49. The number of carbonyl (C=O) groups excluding carboxylic acids is 1. The number of aromatic nitrogens is 2. The van der Waals surface area contributed by atoms with E-state index in [0.29, 0.717) is 17.3 Å². The topological polar surface area (TPSA) is 64.1 Å². The predicted molar refractivity (Wildman–Crippen MR) is 105 cm³/mol. The summed E-state index contributed by atoms with van der Waals surface area (Å²) in [4.78, 5) is 12.6. The first kappa shape index (κ1) is 17.3. The Balaban J connectivity index is 1.33. The largest absolute Gasteiger partial charge is 0.380 e. The molecule has 0 saturated heterocycles. The van der Waals surface area contributed by atoms with Crippen LogP contribution in [0.4, 0.5) is 5.13 Å². The molecule has 5 nitrogen and oxygen atoms in total. The average molecular weight is 384 g/mol. The Hall–Kier alpha value is -1.79. The van der Waals surface area contributed by atoms with Crippen LogP contribution in [0.3, 0.4) is 0 Å². The van der Waals surface area contributed by atoms with Crippen molar-refractivity contribution in [3.63, 3.8) is 0 Å². The van der Waals surface area contributed by atoms with Gasteiger partial charge in [0.15, 0.2) is 0 Å². The number of nitrogens with one attached hydrogen (secondary N) is 1. The maximum Gasteiger partial charge on any atom is 0.257 e. The maximum atomic E-state index is 12.6. The van der Waals surface area contributed by atoms with E-state index >= 15 is 0 Å². The highest BCUT2D eigenvalue weighted by Crippen LogP contribution is 2.61. The molecule has 4 aliphatic carbocycles. The van der Waals surface area contributed by atoms with Gasteiger partial charge < -0.3 is 4.74 Å². The highest BCUT2D eigenvalue weighted by molar-refractivity contribution is 7.15. The normalized spacial score (nSPS) is 31.2. The molecule has 1 N–H and O–H groups in total. The lowest BCUT2D eigenvalue weighted by molar-refractivity contribution is -0.00555. The van der Waals surface area contributed by atoms with Crippen molar-refractivity contribution in [2.24, 2.45) is 17.8 Å². The monoisotopic (exact) mass is 383 g/mol. The van der Waals surface area contributed by atoms with Gasteiger partial charge in [-0.15, -0.1) is 10.2 Å². The van der Waals surface area contributed by atoms with Crippen LogP contribution >= 0.6 is 11.3 Å². The van der Waals surface area contributed by atoms with Crippen LogP contribution in [0.5, 0.6) is 0 Å². The molecule has 0 radical (unpaired) electrons. The first-order chi connectivity index (χ1) is 13.1. The number of anilines is 1. The number of carbonyl (C=O) groups is 1. The molecule has 0 aliphatic heterocycles. The van der Waals surface area contributed by atoms with E-state index in [2.05, 4.69) is 15.5 Å². The van der Waals surface area contributed by atoms with Crippen molar-refractivity contribution in [1.82, 2.24) is 10.2 Å². The molecule has 6 heteroatoms. The molecule has 1 heterocycles. The molecule has 4 saturated carbocycles.